The molecule has 1 aromatic rings. The summed E-state index contributed by atoms with van der Waals surface area (Å²) in [7, 11) is 0. The second-order valence-electron chi connectivity index (χ2n) is 1.91. The van der Waals surface area contributed by atoms with Crippen molar-refractivity contribution in [3.05, 3.63) is 29.8 Å². The van der Waals surface area contributed by atoms with E-state index in [-0.39, 0.29) is 52.4 Å². The van der Waals surface area contributed by atoms with Crippen LogP contribution in [0.5, 0.6) is 5.75 Å². The maximum Gasteiger partial charge on any atom is 2.00 e. The number of rotatable bonds is 2. The van der Waals surface area contributed by atoms with Crippen LogP contribution in [0.15, 0.2) is 12.1 Å². The molecular formula is C8H7BrF2MgO. The molecule has 0 aromatic heterocycles. The molecule has 0 unspecified atom stereocenters. The molecule has 68 valence electrons. The summed E-state index contributed by atoms with van der Waals surface area (Å²) in [5.74, 6) is -1.76. The van der Waals surface area contributed by atoms with Crippen LogP contribution < -0.4 is 21.7 Å². The van der Waals surface area contributed by atoms with Crippen LogP contribution in [0.2, 0.25) is 0 Å². The van der Waals surface area contributed by atoms with Crippen LogP contribution in [-0.4, -0.2) is 29.7 Å². The van der Waals surface area contributed by atoms with E-state index in [1.54, 1.807) is 6.92 Å². The molecule has 13 heavy (non-hydrogen) atoms. The van der Waals surface area contributed by atoms with Crippen LogP contribution in [-0.2, 0) is 0 Å². The average molecular weight is 261 g/mol. The predicted molar refractivity (Wildman–Crippen MR) is 42.1 cm³/mol. The van der Waals surface area contributed by atoms with Gasteiger partial charge in [-0.1, -0.05) is 0 Å². The molecule has 0 aliphatic carbocycles. The molecule has 0 aliphatic rings. The van der Waals surface area contributed by atoms with Crippen molar-refractivity contribution in [3.63, 3.8) is 0 Å². The molecule has 0 spiro atoms. The Morgan fingerprint density at radius 3 is 2.15 bits per heavy atom. The van der Waals surface area contributed by atoms with Crippen LogP contribution in [0, 0.1) is 17.7 Å². The summed E-state index contributed by atoms with van der Waals surface area (Å²) >= 11 is 0. The smallest absolute Gasteiger partial charge is 1.00 e. The van der Waals surface area contributed by atoms with Crippen LogP contribution in [0.25, 0.3) is 0 Å². The minimum atomic E-state index is -0.716. The SMILES string of the molecule is CCOc1c(F)c[c-]cc1F.[Br-].[Mg+2]. The second kappa shape index (κ2) is 7.52. The van der Waals surface area contributed by atoms with Gasteiger partial charge in [0.25, 0.3) is 0 Å². The molecule has 0 bridgehead atoms. The molecule has 0 heterocycles. The van der Waals surface area contributed by atoms with E-state index in [9.17, 15) is 8.78 Å². The van der Waals surface area contributed by atoms with Crippen molar-refractivity contribution < 1.29 is 30.5 Å². The van der Waals surface area contributed by atoms with E-state index in [4.69, 9.17) is 4.74 Å². The zero-order valence-electron chi connectivity index (χ0n) is 7.11. The molecule has 0 N–H and O–H groups in total. The summed E-state index contributed by atoms with van der Waals surface area (Å²) in [4.78, 5) is 0. The Hall–Kier alpha value is 0.126. The molecule has 1 rings (SSSR count). The average Bonchev–Trinajstić information content (AvgIpc) is 1.97. The summed E-state index contributed by atoms with van der Waals surface area (Å²) in [6, 6.07) is 4.37. The fourth-order valence-electron chi connectivity index (χ4n) is 0.715. The van der Waals surface area contributed by atoms with Gasteiger partial charge in [0.15, 0.2) is 0 Å². The van der Waals surface area contributed by atoms with Gasteiger partial charge in [-0.3, -0.25) is 8.78 Å². The van der Waals surface area contributed by atoms with E-state index in [1.807, 2.05) is 0 Å². The summed E-state index contributed by atoms with van der Waals surface area (Å²) in [6.07, 6.45) is 0. The number of hydrogen-bond donors (Lipinski definition) is 0. The molecular weight excluding hydrogens is 254 g/mol. The molecule has 0 saturated heterocycles. The van der Waals surface area contributed by atoms with Gasteiger partial charge in [-0.15, -0.1) is 12.1 Å². The number of benzene rings is 1. The van der Waals surface area contributed by atoms with Crippen molar-refractivity contribution in [2.45, 2.75) is 6.92 Å². The van der Waals surface area contributed by atoms with Gasteiger partial charge in [-0.25, -0.2) is 0 Å². The Labute approximate surface area is 102 Å². The van der Waals surface area contributed by atoms with Crippen molar-refractivity contribution in [2.24, 2.45) is 0 Å². The molecule has 0 fully saturated rings. The largest absolute Gasteiger partial charge is 2.00 e. The van der Waals surface area contributed by atoms with Crippen molar-refractivity contribution in [2.75, 3.05) is 6.61 Å². The molecule has 1 nitrogen and oxygen atoms in total. The van der Waals surface area contributed by atoms with E-state index in [2.05, 4.69) is 6.07 Å². The first kappa shape index (κ1) is 15.6. The van der Waals surface area contributed by atoms with E-state index in [1.165, 1.54) is 0 Å². The normalized spacial score (nSPS) is 8.23. The molecule has 0 saturated carbocycles. The minimum Gasteiger partial charge on any atom is -1.00 e. The van der Waals surface area contributed by atoms with E-state index in [0.717, 1.165) is 12.1 Å². The van der Waals surface area contributed by atoms with Gasteiger partial charge < -0.3 is 21.7 Å². The Bertz CT molecular complexity index is 238. The predicted octanol–water partition coefficient (Wildman–Crippen LogP) is -1.21. The van der Waals surface area contributed by atoms with Crippen molar-refractivity contribution >= 4 is 23.1 Å². The van der Waals surface area contributed by atoms with Gasteiger partial charge in [0.2, 0.25) is 0 Å². The van der Waals surface area contributed by atoms with Gasteiger partial charge in [0.05, 0.1) is 24.0 Å². The zero-order chi connectivity index (χ0) is 8.27. The van der Waals surface area contributed by atoms with Crippen LogP contribution in [0.3, 0.4) is 0 Å². The van der Waals surface area contributed by atoms with Gasteiger partial charge in [-0.05, 0) is 6.92 Å². The van der Waals surface area contributed by atoms with Crippen LogP contribution >= 0.6 is 0 Å². The molecule has 5 heteroatoms. The molecule has 0 aliphatic heterocycles. The Morgan fingerprint density at radius 1 is 1.31 bits per heavy atom. The van der Waals surface area contributed by atoms with E-state index >= 15 is 0 Å². The minimum absolute atomic E-state index is 0. The topological polar surface area (TPSA) is 9.23 Å². The van der Waals surface area contributed by atoms with Crippen molar-refractivity contribution in [3.8, 4) is 5.75 Å². The molecule has 0 amide bonds. The molecule has 0 radical (unpaired) electrons. The summed E-state index contributed by atoms with van der Waals surface area (Å²) < 4.78 is 30.0. The molecule has 1 aromatic carbocycles. The Morgan fingerprint density at radius 2 is 1.77 bits per heavy atom. The first-order valence-electron chi connectivity index (χ1n) is 3.23. The fraction of sp³-hybridized carbons (Fsp3) is 0.250. The summed E-state index contributed by atoms with van der Waals surface area (Å²) in [5.41, 5.74) is 0. The quantitative estimate of drug-likeness (QED) is 0.479. The van der Waals surface area contributed by atoms with Gasteiger partial charge >= 0.3 is 23.1 Å². The summed E-state index contributed by atoms with van der Waals surface area (Å²) in [5, 5.41) is 0. The Balaban J connectivity index is 0. The van der Waals surface area contributed by atoms with Crippen LogP contribution in [0.4, 0.5) is 8.78 Å². The molecule has 0 atom stereocenters. The number of halogens is 3. The first-order valence-corrected chi connectivity index (χ1v) is 3.23. The second-order valence-corrected chi connectivity index (χ2v) is 1.91. The van der Waals surface area contributed by atoms with Gasteiger partial charge in [0, 0.05) is 0 Å². The summed E-state index contributed by atoms with van der Waals surface area (Å²) in [6.45, 7) is 1.91. The van der Waals surface area contributed by atoms with Gasteiger partial charge in [0.1, 0.15) is 0 Å². The zero-order valence-corrected chi connectivity index (χ0v) is 10.1. The van der Waals surface area contributed by atoms with E-state index < -0.39 is 11.6 Å². The Kier molecular flexibility index (Phi) is 9.02. The standard InChI is InChI=1S/C8H7F2O.BrH.Mg/c1-2-11-8-6(9)4-3-5-7(8)10;;/h4-5H,2H2,1H3;1H;/q-1;;+2/p-1. The maximum absolute atomic E-state index is 12.6. The monoisotopic (exact) mass is 260 g/mol. The third kappa shape index (κ3) is 4.24. The fourth-order valence-corrected chi connectivity index (χ4v) is 0.715. The van der Waals surface area contributed by atoms with Crippen LogP contribution in [0.1, 0.15) is 6.92 Å². The van der Waals surface area contributed by atoms with Crippen molar-refractivity contribution in [1.82, 2.24) is 0 Å². The number of ether oxygens (including phenoxy) is 1. The first-order chi connectivity index (χ1) is 5.25. The third-order valence-corrected chi connectivity index (χ3v) is 1.14. The third-order valence-electron chi connectivity index (χ3n) is 1.14. The van der Waals surface area contributed by atoms with E-state index in [0.29, 0.717) is 0 Å². The van der Waals surface area contributed by atoms with Crippen molar-refractivity contribution in [1.29, 1.82) is 0 Å². The maximum atomic E-state index is 12.6. The number of hydrogen-bond acceptors (Lipinski definition) is 1. The van der Waals surface area contributed by atoms with Gasteiger partial charge in [-0.2, -0.15) is 6.07 Å².